The highest BCUT2D eigenvalue weighted by molar-refractivity contribution is 5.66. The van der Waals surface area contributed by atoms with Gasteiger partial charge < -0.3 is 25.2 Å². The number of nitrogens with one attached hydrogen (secondary N) is 2. The van der Waals surface area contributed by atoms with Gasteiger partial charge in [0.05, 0.1) is 32.1 Å². The van der Waals surface area contributed by atoms with E-state index in [4.69, 9.17) is 9.47 Å². The zero-order valence-corrected chi connectivity index (χ0v) is 14.5. The number of hydrogen-bond acceptors (Lipinski definition) is 7. The minimum absolute atomic E-state index is 0.0343. The number of aromatic nitrogens is 2. The lowest BCUT2D eigenvalue weighted by Crippen LogP contribution is -2.36. The molecule has 2 aromatic rings. The van der Waals surface area contributed by atoms with Crippen molar-refractivity contribution >= 4 is 17.3 Å². The van der Waals surface area contributed by atoms with Crippen molar-refractivity contribution in [2.45, 2.75) is 37.8 Å². The van der Waals surface area contributed by atoms with Crippen molar-refractivity contribution < 1.29 is 14.6 Å². The highest BCUT2D eigenvalue weighted by Crippen LogP contribution is 2.31. The molecule has 0 unspecified atom stereocenters. The van der Waals surface area contributed by atoms with Crippen molar-refractivity contribution in [3.8, 4) is 11.5 Å². The second-order valence-electron chi connectivity index (χ2n) is 6.08. The average molecular weight is 344 g/mol. The van der Waals surface area contributed by atoms with Crippen LogP contribution in [0.2, 0.25) is 0 Å². The highest BCUT2D eigenvalue weighted by atomic mass is 16.5. The summed E-state index contributed by atoms with van der Waals surface area (Å²) in [5, 5.41) is 16.6. The fourth-order valence-electron chi connectivity index (χ4n) is 3.01. The Labute approximate surface area is 147 Å². The largest absolute Gasteiger partial charge is 0.497 e. The summed E-state index contributed by atoms with van der Waals surface area (Å²) in [4.78, 5) is 8.51. The molecule has 7 nitrogen and oxygen atoms in total. The Morgan fingerprint density at radius 1 is 1.04 bits per heavy atom. The molecule has 0 saturated heterocycles. The summed E-state index contributed by atoms with van der Waals surface area (Å²) >= 11 is 0. The normalized spacial score (nSPS) is 20.0. The van der Waals surface area contributed by atoms with Gasteiger partial charge in [0.1, 0.15) is 29.5 Å². The van der Waals surface area contributed by atoms with Crippen molar-refractivity contribution in [1.29, 1.82) is 0 Å². The van der Waals surface area contributed by atoms with Crippen LogP contribution in [0.3, 0.4) is 0 Å². The summed E-state index contributed by atoms with van der Waals surface area (Å²) in [6.45, 7) is 0. The van der Waals surface area contributed by atoms with E-state index in [9.17, 15) is 5.11 Å². The molecular weight excluding hydrogens is 320 g/mol. The van der Waals surface area contributed by atoms with E-state index < -0.39 is 0 Å². The van der Waals surface area contributed by atoms with Gasteiger partial charge in [-0.05, 0) is 25.0 Å². The van der Waals surface area contributed by atoms with Gasteiger partial charge in [-0.1, -0.05) is 12.8 Å². The lowest BCUT2D eigenvalue weighted by atomic mass is 9.93. The van der Waals surface area contributed by atoms with Crippen LogP contribution in [-0.4, -0.2) is 41.4 Å². The summed E-state index contributed by atoms with van der Waals surface area (Å²) in [6, 6.07) is 7.39. The summed E-state index contributed by atoms with van der Waals surface area (Å²) < 4.78 is 10.6. The molecule has 2 atom stereocenters. The fraction of sp³-hybridized carbons (Fsp3) is 0.444. The van der Waals surface area contributed by atoms with E-state index in [1.807, 2.05) is 18.2 Å². The van der Waals surface area contributed by atoms with Gasteiger partial charge in [0.25, 0.3) is 0 Å². The van der Waals surface area contributed by atoms with E-state index in [1.54, 1.807) is 20.3 Å². The zero-order valence-electron chi connectivity index (χ0n) is 14.5. The third-order valence-electron chi connectivity index (χ3n) is 4.40. The first kappa shape index (κ1) is 17.3. The van der Waals surface area contributed by atoms with Crippen LogP contribution >= 0.6 is 0 Å². The van der Waals surface area contributed by atoms with Gasteiger partial charge in [0.2, 0.25) is 0 Å². The van der Waals surface area contributed by atoms with Crippen LogP contribution in [-0.2, 0) is 0 Å². The number of anilines is 3. The van der Waals surface area contributed by atoms with Crippen LogP contribution in [0.15, 0.2) is 30.6 Å². The summed E-state index contributed by atoms with van der Waals surface area (Å²) in [6.07, 6.45) is 5.13. The first-order valence-corrected chi connectivity index (χ1v) is 8.45. The number of ether oxygens (including phenoxy) is 2. The standard InChI is InChI=1S/C18H24N4O3/c1-24-12-7-8-14(16(9-12)25-2)22-18-10-17(19-11-20-18)21-13-5-3-4-6-15(13)23/h7-11,13,15,23H,3-6H2,1-2H3,(H2,19,20,21,22)/t13-,15-/m0/s1. The molecule has 7 heteroatoms. The Bertz CT molecular complexity index is 710. The molecule has 1 aromatic carbocycles. The smallest absolute Gasteiger partial charge is 0.146 e. The number of aliphatic hydroxyl groups is 1. The Kier molecular flexibility index (Phi) is 5.55. The van der Waals surface area contributed by atoms with Crippen LogP contribution in [0.4, 0.5) is 17.3 Å². The van der Waals surface area contributed by atoms with Gasteiger partial charge in [0, 0.05) is 12.1 Å². The first-order valence-electron chi connectivity index (χ1n) is 8.45. The molecular formula is C18H24N4O3. The molecule has 1 aliphatic carbocycles. The van der Waals surface area contributed by atoms with Crippen molar-refractivity contribution in [2.75, 3.05) is 24.9 Å². The number of nitrogens with zero attached hydrogens (tertiary/aromatic N) is 2. The van der Waals surface area contributed by atoms with Gasteiger partial charge in [0.15, 0.2) is 0 Å². The summed E-state index contributed by atoms with van der Waals surface area (Å²) in [5.41, 5.74) is 0.783. The first-order chi connectivity index (χ1) is 12.2. The maximum atomic E-state index is 10.1. The van der Waals surface area contributed by atoms with Crippen molar-refractivity contribution in [1.82, 2.24) is 9.97 Å². The zero-order chi connectivity index (χ0) is 17.6. The number of benzene rings is 1. The molecule has 3 N–H and O–H groups in total. The minimum atomic E-state index is -0.332. The van der Waals surface area contributed by atoms with E-state index in [1.165, 1.54) is 6.33 Å². The molecule has 0 bridgehead atoms. The van der Waals surface area contributed by atoms with Gasteiger partial charge in [-0.2, -0.15) is 0 Å². The number of rotatable bonds is 6. The predicted octanol–water partition coefficient (Wildman–Crippen LogP) is 2.95. The lowest BCUT2D eigenvalue weighted by molar-refractivity contribution is 0.116. The van der Waals surface area contributed by atoms with E-state index in [2.05, 4.69) is 20.6 Å². The minimum Gasteiger partial charge on any atom is -0.497 e. The molecule has 134 valence electrons. The second kappa shape index (κ2) is 8.02. The van der Waals surface area contributed by atoms with Crippen LogP contribution in [0.5, 0.6) is 11.5 Å². The average Bonchev–Trinajstić information content (AvgIpc) is 2.64. The second-order valence-corrected chi connectivity index (χ2v) is 6.08. The summed E-state index contributed by atoms with van der Waals surface area (Å²) in [7, 11) is 3.22. The third kappa shape index (κ3) is 4.30. The maximum absolute atomic E-state index is 10.1. The van der Waals surface area contributed by atoms with Crippen molar-refractivity contribution in [3.63, 3.8) is 0 Å². The van der Waals surface area contributed by atoms with Crippen LogP contribution < -0.4 is 20.1 Å². The van der Waals surface area contributed by atoms with Crippen LogP contribution in [0.1, 0.15) is 25.7 Å². The molecule has 0 radical (unpaired) electrons. The van der Waals surface area contributed by atoms with E-state index in [0.29, 0.717) is 17.4 Å². The quantitative estimate of drug-likeness (QED) is 0.742. The maximum Gasteiger partial charge on any atom is 0.146 e. The van der Waals surface area contributed by atoms with Crippen LogP contribution in [0.25, 0.3) is 0 Å². The fourth-order valence-corrected chi connectivity index (χ4v) is 3.01. The number of methoxy groups -OCH3 is 2. The summed E-state index contributed by atoms with van der Waals surface area (Å²) in [5.74, 6) is 2.72. The Balaban J connectivity index is 1.73. The molecule has 0 amide bonds. The molecule has 25 heavy (non-hydrogen) atoms. The number of aliphatic hydroxyl groups excluding tert-OH is 1. The Morgan fingerprint density at radius 3 is 2.60 bits per heavy atom. The molecule has 0 aliphatic heterocycles. The monoisotopic (exact) mass is 344 g/mol. The Hall–Kier alpha value is -2.54. The lowest BCUT2D eigenvalue weighted by Gasteiger charge is -2.28. The molecule has 1 fully saturated rings. The van der Waals surface area contributed by atoms with Gasteiger partial charge >= 0.3 is 0 Å². The molecule has 1 aliphatic rings. The van der Waals surface area contributed by atoms with Crippen LogP contribution in [0, 0.1) is 0 Å². The molecule has 3 rings (SSSR count). The van der Waals surface area contributed by atoms with Crippen molar-refractivity contribution in [2.24, 2.45) is 0 Å². The van der Waals surface area contributed by atoms with Crippen molar-refractivity contribution in [3.05, 3.63) is 30.6 Å². The van der Waals surface area contributed by atoms with Gasteiger partial charge in [-0.3, -0.25) is 0 Å². The van der Waals surface area contributed by atoms with Gasteiger partial charge in [-0.15, -0.1) is 0 Å². The number of hydrogen-bond donors (Lipinski definition) is 3. The topological polar surface area (TPSA) is 88.5 Å². The molecule has 1 heterocycles. The SMILES string of the molecule is COc1ccc(Nc2cc(N[C@H]3CCCC[C@@H]3O)ncn2)c(OC)c1. The highest BCUT2D eigenvalue weighted by Gasteiger charge is 2.23. The molecule has 1 aromatic heterocycles. The predicted molar refractivity (Wildman–Crippen MR) is 96.7 cm³/mol. The Morgan fingerprint density at radius 2 is 1.84 bits per heavy atom. The van der Waals surface area contributed by atoms with E-state index in [-0.39, 0.29) is 12.1 Å². The van der Waals surface area contributed by atoms with Gasteiger partial charge in [-0.25, -0.2) is 9.97 Å². The molecule has 1 saturated carbocycles. The van der Waals surface area contributed by atoms with E-state index >= 15 is 0 Å². The van der Waals surface area contributed by atoms with E-state index in [0.717, 1.165) is 37.1 Å². The third-order valence-corrected chi connectivity index (χ3v) is 4.40. The molecule has 0 spiro atoms.